The van der Waals surface area contributed by atoms with Gasteiger partial charge in [0.25, 0.3) is 0 Å². The quantitative estimate of drug-likeness (QED) is 0.725. The molecule has 13 heavy (non-hydrogen) atoms. The third-order valence-electron chi connectivity index (χ3n) is 2.75. The molecule has 0 heterocycles. The van der Waals surface area contributed by atoms with Gasteiger partial charge in [-0.05, 0) is 37.0 Å². The van der Waals surface area contributed by atoms with Crippen molar-refractivity contribution in [3.8, 4) is 5.75 Å². The van der Waals surface area contributed by atoms with Gasteiger partial charge in [0.15, 0.2) is 0 Å². The van der Waals surface area contributed by atoms with E-state index in [0.717, 1.165) is 24.8 Å². The number of phenolic OH excluding ortho intramolecular Hbond substituents is 1. The Balaban J connectivity index is 2.05. The van der Waals surface area contributed by atoms with Crippen LogP contribution in [0.15, 0.2) is 24.3 Å². The van der Waals surface area contributed by atoms with Gasteiger partial charge in [0, 0.05) is 6.42 Å². The van der Waals surface area contributed by atoms with Gasteiger partial charge in [-0.25, -0.2) is 0 Å². The molecule has 0 amide bonds. The number of aromatic hydroxyl groups is 1. The van der Waals surface area contributed by atoms with Crippen LogP contribution >= 0.6 is 0 Å². The molecule has 2 nitrogen and oxygen atoms in total. The third kappa shape index (κ3) is 1.83. The molecule has 2 heteroatoms. The zero-order valence-corrected chi connectivity index (χ0v) is 7.53. The summed E-state index contributed by atoms with van der Waals surface area (Å²) in [6.07, 6.45) is 3.67. The van der Waals surface area contributed by atoms with Crippen molar-refractivity contribution in [3.05, 3.63) is 29.8 Å². The third-order valence-corrected chi connectivity index (χ3v) is 2.75. The predicted octanol–water partition coefficient (Wildman–Crippen LogP) is 1.85. The van der Waals surface area contributed by atoms with Crippen molar-refractivity contribution in [2.75, 3.05) is 0 Å². The summed E-state index contributed by atoms with van der Waals surface area (Å²) in [6, 6.07) is 7.06. The second kappa shape index (κ2) is 3.04. The summed E-state index contributed by atoms with van der Waals surface area (Å²) in [6.45, 7) is 0. The maximum Gasteiger partial charge on any atom is 0.115 e. The molecule has 2 rings (SSSR count). The lowest BCUT2D eigenvalue weighted by atomic mass is 9.76. The SMILES string of the molecule is Oc1ccc(CC2(O)CCC2)cc1. The van der Waals surface area contributed by atoms with Crippen molar-refractivity contribution in [2.45, 2.75) is 31.3 Å². The van der Waals surface area contributed by atoms with E-state index in [1.807, 2.05) is 12.1 Å². The Labute approximate surface area is 77.8 Å². The first-order valence-electron chi connectivity index (χ1n) is 4.68. The second-order valence-corrected chi connectivity index (χ2v) is 3.92. The van der Waals surface area contributed by atoms with Crippen LogP contribution in [0.25, 0.3) is 0 Å². The van der Waals surface area contributed by atoms with E-state index in [-0.39, 0.29) is 5.75 Å². The Bertz CT molecular complexity index is 285. The summed E-state index contributed by atoms with van der Waals surface area (Å²) < 4.78 is 0. The molecule has 1 aromatic rings. The average molecular weight is 178 g/mol. The fourth-order valence-corrected chi connectivity index (χ4v) is 1.76. The molecule has 0 radical (unpaired) electrons. The number of benzene rings is 1. The highest BCUT2D eigenvalue weighted by molar-refractivity contribution is 5.27. The van der Waals surface area contributed by atoms with Crippen LogP contribution in [0.5, 0.6) is 5.75 Å². The smallest absolute Gasteiger partial charge is 0.115 e. The molecule has 1 saturated carbocycles. The van der Waals surface area contributed by atoms with Crippen molar-refractivity contribution in [1.82, 2.24) is 0 Å². The molecule has 0 atom stereocenters. The Morgan fingerprint density at radius 3 is 2.23 bits per heavy atom. The van der Waals surface area contributed by atoms with Crippen molar-refractivity contribution in [1.29, 1.82) is 0 Å². The minimum atomic E-state index is -0.461. The first kappa shape index (κ1) is 8.57. The summed E-state index contributed by atoms with van der Waals surface area (Å²) in [5, 5.41) is 18.9. The van der Waals surface area contributed by atoms with Gasteiger partial charge in [0.1, 0.15) is 5.75 Å². The largest absolute Gasteiger partial charge is 0.508 e. The minimum Gasteiger partial charge on any atom is -0.508 e. The molecular weight excluding hydrogens is 164 g/mol. The van der Waals surface area contributed by atoms with E-state index in [1.165, 1.54) is 0 Å². The van der Waals surface area contributed by atoms with Gasteiger partial charge in [0.05, 0.1) is 5.60 Å². The molecule has 1 aromatic carbocycles. The molecule has 2 N–H and O–H groups in total. The lowest BCUT2D eigenvalue weighted by Gasteiger charge is -2.36. The average Bonchev–Trinajstić information content (AvgIpc) is 2.06. The summed E-state index contributed by atoms with van der Waals surface area (Å²) in [5.41, 5.74) is 0.636. The van der Waals surface area contributed by atoms with E-state index in [9.17, 15) is 5.11 Å². The second-order valence-electron chi connectivity index (χ2n) is 3.92. The summed E-state index contributed by atoms with van der Waals surface area (Å²) in [5.74, 6) is 0.282. The lowest BCUT2D eigenvalue weighted by Crippen LogP contribution is -2.38. The zero-order chi connectivity index (χ0) is 9.31. The first-order valence-corrected chi connectivity index (χ1v) is 4.68. The van der Waals surface area contributed by atoms with Crippen LogP contribution in [0.2, 0.25) is 0 Å². The number of hydrogen-bond acceptors (Lipinski definition) is 2. The van der Waals surface area contributed by atoms with Gasteiger partial charge in [-0.2, -0.15) is 0 Å². The highest BCUT2D eigenvalue weighted by atomic mass is 16.3. The van der Waals surface area contributed by atoms with Crippen molar-refractivity contribution in [3.63, 3.8) is 0 Å². The summed E-state index contributed by atoms with van der Waals surface area (Å²) in [7, 11) is 0. The molecule has 1 aliphatic carbocycles. The standard InChI is InChI=1S/C11H14O2/c12-10-4-2-9(3-5-10)8-11(13)6-1-7-11/h2-5,12-13H,1,6-8H2. The van der Waals surface area contributed by atoms with E-state index < -0.39 is 5.60 Å². The maximum atomic E-state index is 9.87. The van der Waals surface area contributed by atoms with Crippen LogP contribution in [-0.2, 0) is 6.42 Å². The molecule has 1 aliphatic rings. The number of phenols is 1. The highest BCUT2D eigenvalue weighted by Crippen LogP contribution is 2.34. The predicted molar refractivity (Wildman–Crippen MR) is 50.6 cm³/mol. The van der Waals surface area contributed by atoms with Crippen molar-refractivity contribution >= 4 is 0 Å². The normalized spacial score (nSPS) is 19.5. The molecule has 0 aromatic heterocycles. The van der Waals surface area contributed by atoms with Crippen LogP contribution in [0.4, 0.5) is 0 Å². The van der Waals surface area contributed by atoms with Crippen LogP contribution in [0.1, 0.15) is 24.8 Å². The van der Waals surface area contributed by atoms with Gasteiger partial charge < -0.3 is 10.2 Å². The van der Waals surface area contributed by atoms with Crippen LogP contribution in [0, 0.1) is 0 Å². The first-order chi connectivity index (χ1) is 6.18. The zero-order valence-electron chi connectivity index (χ0n) is 7.53. The minimum absolute atomic E-state index is 0.282. The fraction of sp³-hybridized carbons (Fsp3) is 0.455. The van der Waals surface area contributed by atoms with Crippen molar-refractivity contribution in [2.24, 2.45) is 0 Å². The molecule has 0 spiro atoms. The molecule has 1 fully saturated rings. The van der Waals surface area contributed by atoms with Gasteiger partial charge in [0.2, 0.25) is 0 Å². The van der Waals surface area contributed by atoms with Crippen LogP contribution in [0.3, 0.4) is 0 Å². The highest BCUT2D eigenvalue weighted by Gasteiger charge is 2.34. The lowest BCUT2D eigenvalue weighted by molar-refractivity contribution is -0.0323. The van der Waals surface area contributed by atoms with E-state index in [4.69, 9.17) is 5.11 Å². The van der Waals surface area contributed by atoms with Crippen LogP contribution in [-0.4, -0.2) is 15.8 Å². The molecule has 0 unspecified atom stereocenters. The van der Waals surface area contributed by atoms with E-state index in [0.29, 0.717) is 6.42 Å². The van der Waals surface area contributed by atoms with Crippen LogP contribution < -0.4 is 0 Å². The monoisotopic (exact) mass is 178 g/mol. The summed E-state index contributed by atoms with van der Waals surface area (Å²) in [4.78, 5) is 0. The van der Waals surface area contributed by atoms with Gasteiger partial charge in [-0.15, -0.1) is 0 Å². The number of hydrogen-bond donors (Lipinski definition) is 2. The molecular formula is C11H14O2. The number of rotatable bonds is 2. The van der Waals surface area contributed by atoms with E-state index >= 15 is 0 Å². The summed E-state index contributed by atoms with van der Waals surface area (Å²) >= 11 is 0. The Morgan fingerprint density at radius 1 is 1.15 bits per heavy atom. The van der Waals surface area contributed by atoms with Gasteiger partial charge in [-0.3, -0.25) is 0 Å². The molecule has 0 saturated heterocycles. The fourth-order valence-electron chi connectivity index (χ4n) is 1.76. The van der Waals surface area contributed by atoms with Gasteiger partial charge >= 0.3 is 0 Å². The van der Waals surface area contributed by atoms with E-state index in [1.54, 1.807) is 12.1 Å². The Hall–Kier alpha value is -1.02. The molecule has 70 valence electrons. The maximum absolute atomic E-state index is 9.87. The topological polar surface area (TPSA) is 40.5 Å². The van der Waals surface area contributed by atoms with Gasteiger partial charge in [-0.1, -0.05) is 12.1 Å². The molecule has 0 aliphatic heterocycles. The number of aliphatic hydroxyl groups is 1. The Morgan fingerprint density at radius 2 is 1.77 bits per heavy atom. The van der Waals surface area contributed by atoms with Crippen molar-refractivity contribution < 1.29 is 10.2 Å². The Kier molecular flexibility index (Phi) is 2.00. The molecule has 0 bridgehead atoms. The van der Waals surface area contributed by atoms with E-state index in [2.05, 4.69) is 0 Å².